The smallest absolute Gasteiger partial charge is 0.220 e. The molecule has 1 heterocycles. The van der Waals surface area contributed by atoms with Crippen molar-refractivity contribution in [1.29, 1.82) is 0 Å². The third-order valence-electron chi connectivity index (χ3n) is 5.12. The number of rotatable bonds is 9. The Bertz CT molecular complexity index is 617. The zero-order valence-corrected chi connectivity index (χ0v) is 17.2. The molecule has 1 fully saturated rings. The fourth-order valence-electron chi connectivity index (χ4n) is 3.76. The van der Waals surface area contributed by atoms with Crippen LogP contribution in [0.25, 0.3) is 0 Å². The van der Waals surface area contributed by atoms with E-state index in [4.69, 9.17) is 18.9 Å². The van der Waals surface area contributed by atoms with Crippen molar-refractivity contribution in [3.63, 3.8) is 0 Å². The van der Waals surface area contributed by atoms with Crippen LogP contribution in [0, 0.1) is 11.8 Å². The molecule has 6 heteroatoms. The molecule has 0 unspecified atom stereocenters. The second-order valence-electron chi connectivity index (χ2n) is 7.28. The van der Waals surface area contributed by atoms with Crippen LogP contribution in [0.4, 0.5) is 0 Å². The lowest BCUT2D eigenvalue weighted by Crippen LogP contribution is -2.41. The quantitative estimate of drug-likeness (QED) is 0.714. The Hall–Kier alpha value is -1.95. The van der Waals surface area contributed by atoms with Gasteiger partial charge in [-0.2, -0.15) is 0 Å². The molecule has 0 spiro atoms. The zero-order valence-electron chi connectivity index (χ0n) is 17.2. The van der Waals surface area contributed by atoms with Crippen molar-refractivity contribution in [3.05, 3.63) is 17.7 Å². The first-order valence-electron chi connectivity index (χ1n) is 9.67. The van der Waals surface area contributed by atoms with Gasteiger partial charge in [-0.15, -0.1) is 0 Å². The first kappa shape index (κ1) is 21.4. The van der Waals surface area contributed by atoms with E-state index < -0.39 is 0 Å². The first-order chi connectivity index (χ1) is 13.0. The summed E-state index contributed by atoms with van der Waals surface area (Å²) < 4.78 is 22.1. The summed E-state index contributed by atoms with van der Waals surface area (Å²) >= 11 is 0. The van der Waals surface area contributed by atoms with Gasteiger partial charge in [-0.05, 0) is 36.8 Å². The van der Waals surface area contributed by atoms with Gasteiger partial charge in [0.15, 0.2) is 11.5 Å². The van der Waals surface area contributed by atoms with Crippen LogP contribution in [0.1, 0.15) is 38.7 Å². The minimum atomic E-state index is 0.0416. The van der Waals surface area contributed by atoms with Crippen LogP contribution >= 0.6 is 0 Å². The third kappa shape index (κ3) is 5.51. The predicted octanol–water partition coefficient (Wildman–Crippen LogP) is 3.21. The average Bonchev–Trinajstić information content (AvgIpc) is 2.69. The average molecular weight is 379 g/mol. The number of hydrogen-bond donors (Lipinski definition) is 1. The van der Waals surface area contributed by atoms with Crippen LogP contribution in [0.3, 0.4) is 0 Å². The molecule has 1 amide bonds. The van der Waals surface area contributed by atoms with Crippen molar-refractivity contribution < 1.29 is 23.7 Å². The number of aryl methyl sites for hydroxylation is 1. The van der Waals surface area contributed by atoms with E-state index in [-0.39, 0.29) is 12.0 Å². The molecule has 6 nitrogen and oxygen atoms in total. The van der Waals surface area contributed by atoms with E-state index >= 15 is 0 Å². The third-order valence-corrected chi connectivity index (χ3v) is 5.12. The fourth-order valence-corrected chi connectivity index (χ4v) is 3.76. The van der Waals surface area contributed by atoms with Gasteiger partial charge in [0.05, 0.1) is 27.4 Å². The second-order valence-corrected chi connectivity index (χ2v) is 7.28. The van der Waals surface area contributed by atoms with Crippen LogP contribution in [0.15, 0.2) is 12.1 Å². The van der Waals surface area contributed by atoms with Gasteiger partial charge in [-0.3, -0.25) is 4.79 Å². The SMILES string of the molecule is COc1ccc(CCC(=O)NC[C@@H]2CCCO[C@@H]2C(C)C)c(OC)c1OC. The standard InChI is InChI=1S/C21H33NO5/c1-14(2)19-16(7-6-12-27-19)13-22-18(23)11-9-15-8-10-17(24-3)21(26-5)20(15)25-4/h8,10,14,16,19H,6-7,9,11-13H2,1-5H3,(H,22,23)/t16-,19+/m0/s1. The van der Waals surface area contributed by atoms with E-state index in [9.17, 15) is 4.79 Å². The van der Waals surface area contributed by atoms with Gasteiger partial charge < -0.3 is 24.3 Å². The Morgan fingerprint density at radius 2 is 1.93 bits per heavy atom. The Labute approximate surface area is 162 Å². The minimum Gasteiger partial charge on any atom is -0.493 e. The number of nitrogens with one attached hydrogen (secondary N) is 1. The van der Waals surface area contributed by atoms with Gasteiger partial charge in [0.2, 0.25) is 11.7 Å². The Kier molecular flexibility index (Phi) is 8.23. The molecular weight excluding hydrogens is 346 g/mol. The molecule has 0 saturated carbocycles. The van der Waals surface area contributed by atoms with Crippen LogP contribution < -0.4 is 19.5 Å². The van der Waals surface area contributed by atoms with Gasteiger partial charge in [-0.25, -0.2) is 0 Å². The highest BCUT2D eigenvalue weighted by Crippen LogP contribution is 2.40. The van der Waals surface area contributed by atoms with E-state index in [2.05, 4.69) is 19.2 Å². The Morgan fingerprint density at radius 3 is 2.56 bits per heavy atom. The number of methoxy groups -OCH3 is 3. The van der Waals surface area contributed by atoms with Crippen molar-refractivity contribution in [3.8, 4) is 17.2 Å². The summed E-state index contributed by atoms with van der Waals surface area (Å²) in [5.74, 6) is 2.67. The maximum atomic E-state index is 12.4. The second kappa shape index (κ2) is 10.4. The highest BCUT2D eigenvalue weighted by atomic mass is 16.5. The maximum Gasteiger partial charge on any atom is 0.220 e. The molecule has 0 bridgehead atoms. The van der Waals surface area contributed by atoms with Crippen molar-refractivity contribution in [2.24, 2.45) is 11.8 Å². The van der Waals surface area contributed by atoms with Crippen LogP contribution in [-0.2, 0) is 16.0 Å². The molecule has 0 aromatic heterocycles. The summed E-state index contributed by atoms with van der Waals surface area (Å²) in [6.07, 6.45) is 3.36. The normalized spacial score (nSPS) is 19.6. The molecule has 1 aliphatic rings. The van der Waals surface area contributed by atoms with Crippen molar-refractivity contribution in [1.82, 2.24) is 5.32 Å². The maximum absolute atomic E-state index is 12.4. The fraction of sp³-hybridized carbons (Fsp3) is 0.667. The van der Waals surface area contributed by atoms with Gasteiger partial charge >= 0.3 is 0 Å². The van der Waals surface area contributed by atoms with Crippen molar-refractivity contribution in [2.75, 3.05) is 34.5 Å². The molecule has 1 aromatic carbocycles. The summed E-state index contributed by atoms with van der Waals surface area (Å²) in [6.45, 7) is 5.85. The van der Waals surface area contributed by atoms with E-state index in [0.717, 1.165) is 25.0 Å². The molecule has 1 N–H and O–H groups in total. The zero-order chi connectivity index (χ0) is 19.8. The highest BCUT2D eigenvalue weighted by Gasteiger charge is 2.28. The number of benzene rings is 1. The van der Waals surface area contributed by atoms with Crippen LogP contribution in [0.2, 0.25) is 0 Å². The summed E-state index contributed by atoms with van der Waals surface area (Å²) in [5, 5.41) is 3.08. The summed E-state index contributed by atoms with van der Waals surface area (Å²) in [7, 11) is 4.76. The molecule has 0 aliphatic carbocycles. The molecule has 1 aliphatic heterocycles. The molecule has 2 rings (SSSR count). The van der Waals surface area contributed by atoms with Crippen LogP contribution in [0.5, 0.6) is 17.2 Å². The van der Waals surface area contributed by atoms with E-state index in [1.807, 2.05) is 12.1 Å². The van der Waals surface area contributed by atoms with Gasteiger partial charge in [0.1, 0.15) is 0 Å². The first-order valence-corrected chi connectivity index (χ1v) is 9.67. The van der Waals surface area contributed by atoms with E-state index in [1.54, 1.807) is 21.3 Å². The lowest BCUT2D eigenvalue weighted by Gasteiger charge is -2.34. The van der Waals surface area contributed by atoms with Gasteiger partial charge in [0.25, 0.3) is 0 Å². The number of carbonyl (C=O) groups is 1. The monoisotopic (exact) mass is 379 g/mol. The molecule has 27 heavy (non-hydrogen) atoms. The molecule has 1 aromatic rings. The molecule has 0 radical (unpaired) electrons. The Balaban J connectivity index is 1.92. The Morgan fingerprint density at radius 1 is 1.19 bits per heavy atom. The minimum absolute atomic E-state index is 0.0416. The molecular formula is C21H33NO5. The van der Waals surface area contributed by atoms with Crippen LogP contribution in [-0.4, -0.2) is 46.5 Å². The number of hydrogen-bond acceptors (Lipinski definition) is 5. The van der Waals surface area contributed by atoms with Gasteiger partial charge in [-0.1, -0.05) is 19.9 Å². The largest absolute Gasteiger partial charge is 0.493 e. The van der Waals surface area contributed by atoms with Gasteiger partial charge in [0, 0.05) is 25.5 Å². The van der Waals surface area contributed by atoms with E-state index in [1.165, 1.54) is 0 Å². The summed E-state index contributed by atoms with van der Waals surface area (Å²) in [5.41, 5.74) is 0.923. The number of amides is 1. The number of carbonyl (C=O) groups excluding carboxylic acids is 1. The van der Waals surface area contributed by atoms with E-state index in [0.29, 0.717) is 48.5 Å². The lowest BCUT2D eigenvalue weighted by atomic mass is 9.87. The molecule has 1 saturated heterocycles. The highest BCUT2D eigenvalue weighted by molar-refractivity contribution is 5.76. The van der Waals surface area contributed by atoms with Crippen molar-refractivity contribution in [2.45, 2.75) is 45.6 Å². The topological polar surface area (TPSA) is 66.0 Å². The molecule has 2 atom stereocenters. The summed E-state index contributed by atoms with van der Waals surface area (Å²) in [6, 6.07) is 3.75. The molecule has 152 valence electrons. The number of ether oxygens (including phenoxy) is 4. The predicted molar refractivity (Wildman–Crippen MR) is 105 cm³/mol. The van der Waals surface area contributed by atoms with Crippen molar-refractivity contribution >= 4 is 5.91 Å². The lowest BCUT2D eigenvalue weighted by molar-refractivity contribution is -0.122. The summed E-state index contributed by atoms with van der Waals surface area (Å²) in [4.78, 5) is 12.4.